The first-order valence-electron chi connectivity index (χ1n) is 14.3. The van der Waals surface area contributed by atoms with Gasteiger partial charge in [0.25, 0.3) is 11.8 Å². The van der Waals surface area contributed by atoms with Gasteiger partial charge in [-0.2, -0.15) is 0 Å². The van der Waals surface area contributed by atoms with Crippen molar-refractivity contribution in [2.45, 2.75) is 64.1 Å². The van der Waals surface area contributed by atoms with E-state index in [1.807, 2.05) is 25.7 Å². The van der Waals surface area contributed by atoms with Gasteiger partial charge in [-0.1, -0.05) is 6.07 Å². The normalized spacial score (nSPS) is 15.5. The summed E-state index contributed by atoms with van der Waals surface area (Å²) < 4.78 is 25.4. The zero-order valence-electron chi connectivity index (χ0n) is 24.7. The van der Waals surface area contributed by atoms with Gasteiger partial charge in [0.2, 0.25) is 5.88 Å². The number of nitrogens with one attached hydrogen (secondary N) is 1. The molecule has 11 nitrogen and oxygen atoms in total. The molecule has 1 aromatic carbocycles. The van der Waals surface area contributed by atoms with E-state index in [-0.39, 0.29) is 35.5 Å². The van der Waals surface area contributed by atoms with Crippen LogP contribution in [-0.4, -0.2) is 80.5 Å². The van der Waals surface area contributed by atoms with E-state index in [1.165, 1.54) is 37.8 Å². The van der Waals surface area contributed by atoms with Gasteiger partial charge in [0.05, 0.1) is 30.1 Å². The number of piperidine rings is 1. The molecule has 0 unspecified atom stereocenters. The van der Waals surface area contributed by atoms with E-state index in [1.54, 1.807) is 23.1 Å². The number of rotatable bonds is 7. The molecule has 3 heterocycles. The Morgan fingerprint density at radius 1 is 0.953 bits per heavy atom. The van der Waals surface area contributed by atoms with Gasteiger partial charge in [-0.3, -0.25) is 9.59 Å². The highest BCUT2D eigenvalue weighted by atomic mass is 19.1. The molecule has 2 aromatic heterocycles. The number of hydrogen-bond donors (Lipinski definition) is 1. The molecular weight excluding hydrogens is 555 g/mol. The highest BCUT2D eigenvalue weighted by molar-refractivity contribution is 6.04. The topological polar surface area (TPSA) is 127 Å². The van der Waals surface area contributed by atoms with Crippen LogP contribution >= 0.6 is 0 Å². The number of methoxy groups -OCH3 is 1. The number of halogens is 1. The average molecular weight is 591 g/mol. The van der Waals surface area contributed by atoms with E-state index < -0.39 is 17.3 Å². The lowest BCUT2D eigenvalue weighted by Gasteiger charge is -2.39. The van der Waals surface area contributed by atoms with Crippen LogP contribution in [0.1, 0.15) is 67.2 Å². The minimum atomic E-state index is -0.738. The van der Waals surface area contributed by atoms with Gasteiger partial charge in [0.15, 0.2) is 5.82 Å². The number of carbonyl (C=O) groups is 3. The van der Waals surface area contributed by atoms with E-state index in [0.29, 0.717) is 48.6 Å². The molecule has 0 radical (unpaired) electrons. The molecule has 1 saturated heterocycles. The molecule has 1 aliphatic carbocycles. The maximum absolute atomic E-state index is 14.9. The number of anilines is 1. The second-order valence-corrected chi connectivity index (χ2v) is 11.7. The Balaban J connectivity index is 1.23. The monoisotopic (exact) mass is 590 g/mol. The summed E-state index contributed by atoms with van der Waals surface area (Å²) >= 11 is 0. The molecule has 43 heavy (non-hydrogen) atoms. The highest BCUT2D eigenvalue weighted by Crippen LogP contribution is 2.33. The Bertz CT molecular complexity index is 1480. The predicted molar refractivity (Wildman–Crippen MR) is 156 cm³/mol. The van der Waals surface area contributed by atoms with Crippen LogP contribution in [0.3, 0.4) is 0 Å². The van der Waals surface area contributed by atoms with Crippen molar-refractivity contribution in [1.82, 2.24) is 24.8 Å². The van der Waals surface area contributed by atoms with Gasteiger partial charge >= 0.3 is 6.09 Å². The molecule has 3 amide bonds. The molecule has 2 fully saturated rings. The number of hydrogen-bond acceptors (Lipinski definition) is 8. The zero-order valence-corrected chi connectivity index (χ0v) is 24.7. The minimum absolute atomic E-state index is 0.000142. The maximum atomic E-state index is 14.9. The second-order valence-electron chi connectivity index (χ2n) is 11.7. The fraction of sp³-hybridized carbons (Fsp3) is 0.419. The van der Waals surface area contributed by atoms with Gasteiger partial charge < -0.3 is 24.6 Å². The SMILES string of the molecule is COc1ccc(NC(=O)c2ccc(-c3ncc(C(=O)N(C4CC4)C4CCN(C(=O)OC(C)(C)C)CC4)cn3)cc2F)cn1. The molecule has 2 aliphatic rings. The number of benzene rings is 1. The van der Waals surface area contributed by atoms with Crippen molar-refractivity contribution < 1.29 is 28.2 Å². The van der Waals surface area contributed by atoms with Crippen molar-refractivity contribution >= 4 is 23.6 Å². The van der Waals surface area contributed by atoms with E-state index in [9.17, 15) is 18.8 Å². The van der Waals surface area contributed by atoms with Gasteiger partial charge in [-0.05, 0) is 64.7 Å². The van der Waals surface area contributed by atoms with Gasteiger partial charge in [0, 0.05) is 49.2 Å². The van der Waals surface area contributed by atoms with Crippen molar-refractivity contribution in [2.24, 2.45) is 0 Å². The fourth-order valence-corrected chi connectivity index (χ4v) is 4.98. The Kier molecular flexibility index (Phi) is 8.56. The van der Waals surface area contributed by atoms with Crippen LogP contribution < -0.4 is 10.1 Å². The number of aromatic nitrogens is 3. The maximum Gasteiger partial charge on any atom is 0.410 e. The first-order valence-corrected chi connectivity index (χ1v) is 14.3. The molecule has 1 N–H and O–H groups in total. The Labute approximate surface area is 249 Å². The fourth-order valence-electron chi connectivity index (χ4n) is 4.98. The molecule has 0 spiro atoms. The summed E-state index contributed by atoms with van der Waals surface area (Å²) in [5.41, 5.74) is 0.396. The quantitative estimate of drug-likeness (QED) is 0.410. The molecule has 12 heteroatoms. The smallest absolute Gasteiger partial charge is 0.410 e. The molecule has 3 aromatic rings. The standard InChI is InChI=1S/C31H35FN6O5/c1-31(2,3)43-30(41)37-13-11-23(12-14-37)38(22-7-8-22)29(40)20-16-34-27(35-17-20)19-5-9-24(25(32)15-19)28(39)36-21-6-10-26(42-4)33-18-21/h5-6,9-10,15-18,22-23H,7-8,11-14H2,1-4H3,(H,36,39). The molecule has 0 atom stereocenters. The van der Waals surface area contributed by atoms with Crippen LogP contribution in [0.25, 0.3) is 11.4 Å². The van der Waals surface area contributed by atoms with Crippen LogP contribution in [0.15, 0.2) is 48.9 Å². The minimum Gasteiger partial charge on any atom is -0.481 e. The summed E-state index contributed by atoms with van der Waals surface area (Å²) in [4.78, 5) is 54.9. The molecule has 5 rings (SSSR count). The Morgan fingerprint density at radius 2 is 1.63 bits per heavy atom. The lowest BCUT2D eigenvalue weighted by molar-refractivity contribution is 0.0142. The predicted octanol–water partition coefficient (Wildman–Crippen LogP) is 4.94. The highest BCUT2D eigenvalue weighted by Gasteiger charge is 2.40. The van der Waals surface area contributed by atoms with Crippen molar-refractivity contribution in [3.8, 4) is 17.3 Å². The van der Waals surface area contributed by atoms with Crippen LogP contribution in [0.2, 0.25) is 0 Å². The van der Waals surface area contributed by atoms with Crippen molar-refractivity contribution in [1.29, 1.82) is 0 Å². The molecule has 1 aliphatic heterocycles. The molecule has 226 valence electrons. The first-order chi connectivity index (χ1) is 20.5. The Hall–Kier alpha value is -4.61. The van der Waals surface area contributed by atoms with Gasteiger partial charge in [0.1, 0.15) is 11.4 Å². The molecular formula is C31H35FN6O5. The Morgan fingerprint density at radius 3 is 2.19 bits per heavy atom. The van der Waals surface area contributed by atoms with Gasteiger partial charge in [-0.25, -0.2) is 24.1 Å². The number of carbonyl (C=O) groups excluding carboxylic acids is 3. The summed E-state index contributed by atoms with van der Waals surface area (Å²) in [5.74, 6) is -0.906. The van der Waals surface area contributed by atoms with E-state index in [2.05, 4.69) is 20.3 Å². The summed E-state index contributed by atoms with van der Waals surface area (Å²) in [6.07, 6.45) is 7.17. The van der Waals surface area contributed by atoms with Gasteiger partial charge in [-0.15, -0.1) is 0 Å². The average Bonchev–Trinajstić information content (AvgIpc) is 3.82. The summed E-state index contributed by atoms with van der Waals surface area (Å²) in [5, 5.41) is 2.60. The van der Waals surface area contributed by atoms with Crippen molar-refractivity contribution in [2.75, 3.05) is 25.5 Å². The zero-order chi connectivity index (χ0) is 30.7. The van der Waals surface area contributed by atoms with Crippen LogP contribution in [0.5, 0.6) is 5.88 Å². The number of likely N-dealkylation sites (tertiary alicyclic amines) is 1. The van der Waals surface area contributed by atoms with Crippen LogP contribution in [0.4, 0.5) is 14.9 Å². The van der Waals surface area contributed by atoms with E-state index >= 15 is 0 Å². The molecule has 0 bridgehead atoms. The number of amides is 3. The van der Waals surface area contributed by atoms with E-state index in [4.69, 9.17) is 9.47 Å². The van der Waals surface area contributed by atoms with Crippen molar-refractivity contribution in [3.05, 3.63) is 65.9 Å². The first kappa shape index (κ1) is 29.9. The third-order valence-corrected chi connectivity index (χ3v) is 7.26. The number of pyridine rings is 1. The summed E-state index contributed by atoms with van der Waals surface area (Å²) in [6, 6.07) is 7.44. The lowest BCUT2D eigenvalue weighted by atomic mass is 10.0. The van der Waals surface area contributed by atoms with Crippen LogP contribution in [-0.2, 0) is 4.74 Å². The van der Waals surface area contributed by atoms with Crippen molar-refractivity contribution in [3.63, 3.8) is 0 Å². The largest absolute Gasteiger partial charge is 0.481 e. The molecule has 1 saturated carbocycles. The summed E-state index contributed by atoms with van der Waals surface area (Å²) in [7, 11) is 1.48. The van der Waals surface area contributed by atoms with E-state index in [0.717, 1.165) is 12.8 Å². The second kappa shape index (κ2) is 12.3. The lowest BCUT2D eigenvalue weighted by Crippen LogP contribution is -2.50. The third-order valence-electron chi connectivity index (χ3n) is 7.26. The van der Waals surface area contributed by atoms with Crippen LogP contribution in [0, 0.1) is 5.82 Å². The summed E-state index contributed by atoms with van der Waals surface area (Å²) in [6.45, 7) is 6.55. The number of nitrogens with zero attached hydrogens (tertiary/aromatic N) is 5. The number of ether oxygens (including phenoxy) is 2. The third kappa shape index (κ3) is 7.25.